The van der Waals surface area contributed by atoms with E-state index in [1.165, 1.54) is 11.3 Å². The van der Waals surface area contributed by atoms with Crippen molar-refractivity contribution >= 4 is 29.1 Å². The summed E-state index contributed by atoms with van der Waals surface area (Å²) in [6.45, 7) is 0. The van der Waals surface area contributed by atoms with Crippen molar-refractivity contribution in [1.82, 2.24) is 5.43 Å². The Morgan fingerprint density at radius 2 is 2.20 bits per heavy atom. The van der Waals surface area contributed by atoms with Crippen molar-refractivity contribution in [1.29, 1.82) is 0 Å². The minimum atomic E-state index is -0.610. The number of benzene rings is 1. The summed E-state index contributed by atoms with van der Waals surface area (Å²) in [5.74, 6) is -0.821. The van der Waals surface area contributed by atoms with Gasteiger partial charge in [0.15, 0.2) is 0 Å². The van der Waals surface area contributed by atoms with Gasteiger partial charge in [0.2, 0.25) is 0 Å². The molecule has 0 radical (unpaired) electrons. The van der Waals surface area contributed by atoms with Gasteiger partial charge in [-0.05, 0) is 17.0 Å². The number of carbonyl (C=O) groups is 1. The van der Waals surface area contributed by atoms with Crippen LogP contribution in [0, 0.1) is 10.1 Å². The molecule has 0 saturated heterocycles. The van der Waals surface area contributed by atoms with E-state index in [0.29, 0.717) is 4.88 Å². The third-order valence-electron chi connectivity index (χ3n) is 2.32. The van der Waals surface area contributed by atoms with Gasteiger partial charge in [-0.3, -0.25) is 14.9 Å². The predicted octanol–water partition coefficient (Wildman–Crippen LogP) is 1.49. The number of rotatable bonds is 4. The largest absolute Gasteiger partial charge is 0.872 e. The first-order valence-electron chi connectivity index (χ1n) is 5.40. The molecule has 0 aliphatic rings. The summed E-state index contributed by atoms with van der Waals surface area (Å²) in [5.41, 5.74) is 2.06. The summed E-state index contributed by atoms with van der Waals surface area (Å²) in [6.07, 6.45) is 1.08. The summed E-state index contributed by atoms with van der Waals surface area (Å²) in [7, 11) is 0. The van der Waals surface area contributed by atoms with Crippen LogP contribution < -0.4 is 10.5 Å². The molecule has 1 aromatic carbocycles. The molecule has 0 aliphatic heterocycles. The highest BCUT2D eigenvalue weighted by Gasteiger charge is 2.06. The van der Waals surface area contributed by atoms with Crippen molar-refractivity contribution in [3.8, 4) is 5.75 Å². The van der Waals surface area contributed by atoms with Gasteiger partial charge in [0, 0.05) is 12.1 Å². The first-order valence-corrected chi connectivity index (χ1v) is 6.28. The van der Waals surface area contributed by atoms with Crippen molar-refractivity contribution < 1.29 is 14.8 Å². The molecule has 1 aromatic heterocycles. The highest BCUT2D eigenvalue weighted by atomic mass is 32.1. The zero-order chi connectivity index (χ0) is 14.5. The van der Waals surface area contributed by atoms with Crippen LogP contribution in [0.3, 0.4) is 0 Å². The van der Waals surface area contributed by atoms with Gasteiger partial charge < -0.3 is 5.11 Å². The van der Waals surface area contributed by atoms with Crippen molar-refractivity contribution in [2.24, 2.45) is 5.10 Å². The zero-order valence-corrected chi connectivity index (χ0v) is 10.8. The predicted molar refractivity (Wildman–Crippen MR) is 71.9 cm³/mol. The number of carbonyl (C=O) groups excluding carboxylic acids is 1. The van der Waals surface area contributed by atoms with Gasteiger partial charge in [0.1, 0.15) is 0 Å². The molecule has 0 fully saturated rings. The Labute approximate surface area is 117 Å². The summed E-state index contributed by atoms with van der Waals surface area (Å²) < 4.78 is 0. The molecule has 0 saturated carbocycles. The number of non-ortho nitro benzene ring substituents is 1. The quantitative estimate of drug-likeness (QED) is 0.522. The Kier molecular flexibility index (Phi) is 4.06. The average Bonchev–Trinajstić information content (AvgIpc) is 2.94. The second-order valence-electron chi connectivity index (χ2n) is 3.66. The van der Waals surface area contributed by atoms with Gasteiger partial charge >= 0.3 is 0 Å². The number of thiophene rings is 1. The van der Waals surface area contributed by atoms with Crippen molar-refractivity contribution in [3.63, 3.8) is 0 Å². The maximum Gasteiger partial charge on any atom is 0.281 e. The lowest BCUT2D eigenvalue weighted by Gasteiger charge is -2.08. The number of amides is 1. The SMILES string of the molecule is O=C(N/N=C\c1cc([N+](=O)[O-])ccc1[O-])c1cccs1. The molecule has 2 aromatic rings. The van der Waals surface area contributed by atoms with E-state index >= 15 is 0 Å². The number of nitro groups is 1. The molecule has 0 atom stereocenters. The van der Waals surface area contributed by atoms with Crippen LogP contribution in [0.25, 0.3) is 0 Å². The topological polar surface area (TPSA) is 108 Å². The number of nitrogens with zero attached hydrogens (tertiary/aromatic N) is 2. The van der Waals surface area contributed by atoms with E-state index in [0.717, 1.165) is 24.4 Å². The van der Waals surface area contributed by atoms with E-state index in [-0.39, 0.29) is 11.3 Å². The van der Waals surface area contributed by atoms with Crippen LogP contribution in [0.2, 0.25) is 0 Å². The minimum Gasteiger partial charge on any atom is -0.872 e. The van der Waals surface area contributed by atoms with E-state index < -0.39 is 16.6 Å². The molecule has 1 N–H and O–H groups in total. The fraction of sp³-hybridized carbons (Fsp3) is 0. The van der Waals surface area contributed by atoms with Crippen LogP contribution in [0.1, 0.15) is 15.2 Å². The third kappa shape index (κ3) is 3.18. The lowest BCUT2D eigenvalue weighted by atomic mass is 10.2. The minimum absolute atomic E-state index is 0.0330. The molecule has 102 valence electrons. The maximum atomic E-state index is 11.6. The number of hydrazone groups is 1. The molecule has 20 heavy (non-hydrogen) atoms. The fourth-order valence-corrected chi connectivity index (χ4v) is 1.99. The van der Waals surface area contributed by atoms with Gasteiger partial charge in [-0.25, -0.2) is 5.43 Å². The smallest absolute Gasteiger partial charge is 0.281 e. The van der Waals surface area contributed by atoms with E-state index in [9.17, 15) is 20.0 Å². The van der Waals surface area contributed by atoms with Crippen LogP contribution in [0.15, 0.2) is 40.8 Å². The van der Waals surface area contributed by atoms with Crippen molar-refractivity contribution in [2.45, 2.75) is 0 Å². The molecule has 7 nitrogen and oxygen atoms in total. The van der Waals surface area contributed by atoms with Gasteiger partial charge in [-0.1, -0.05) is 17.9 Å². The second-order valence-corrected chi connectivity index (χ2v) is 4.60. The molecular formula is C12H8N3O4S-. The number of hydrogen-bond acceptors (Lipinski definition) is 6. The lowest BCUT2D eigenvalue weighted by Crippen LogP contribution is -2.16. The summed E-state index contributed by atoms with van der Waals surface area (Å²) >= 11 is 1.25. The average molecular weight is 290 g/mol. The monoisotopic (exact) mass is 290 g/mol. The summed E-state index contributed by atoms with van der Waals surface area (Å²) in [5, 5.41) is 27.4. The van der Waals surface area contributed by atoms with Gasteiger partial charge in [0.05, 0.1) is 16.0 Å². The molecule has 1 heterocycles. The molecule has 0 unspecified atom stereocenters. The second kappa shape index (κ2) is 5.93. The Morgan fingerprint density at radius 1 is 1.40 bits per heavy atom. The Morgan fingerprint density at radius 3 is 2.85 bits per heavy atom. The summed E-state index contributed by atoms with van der Waals surface area (Å²) in [4.78, 5) is 22.0. The van der Waals surface area contributed by atoms with Crippen LogP contribution >= 0.6 is 11.3 Å². The highest BCUT2D eigenvalue weighted by Crippen LogP contribution is 2.19. The Bertz CT molecular complexity index is 667. The van der Waals surface area contributed by atoms with Gasteiger partial charge in [-0.15, -0.1) is 11.3 Å². The molecule has 0 bridgehead atoms. The standard InChI is InChI=1S/C12H9N3O4S/c16-10-4-3-9(15(18)19)6-8(10)7-13-14-12(17)11-2-1-5-20-11/h1-7,16H,(H,14,17)/p-1/b13-7-. The van der Waals surface area contributed by atoms with Crippen LogP contribution in [-0.2, 0) is 0 Å². The molecule has 0 spiro atoms. The van der Waals surface area contributed by atoms with E-state index in [4.69, 9.17) is 0 Å². The summed E-state index contributed by atoms with van der Waals surface area (Å²) in [6, 6.07) is 6.65. The van der Waals surface area contributed by atoms with Crippen molar-refractivity contribution in [2.75, 3.05) is 0 Å². The highest BCUT2D eigenvalue weighted by molar-refractivity contribution is 7.12. The molecule has 1 amide bonds. The van der Waals surface area contributed by atoms with Crippen LogP contribution in [-0.4, -0.2) is 17.0 Å². The lowest BCUT2D eigenvalue weighted by molar-refractivity contribution is -0.385. The number of hydrogen-bond donors (Lipinski definition) is 1. The third-order valence-corrected chi connectivity index (χ3v) is 3.19. The molecule has 2 rings (SSSR count). The van der Waals surface area contributed by atoms with Gasteiger partial charge in [-0.2, -0.15) is 5.10 Å². The van der Waals surface area contributed by atoms with Crippen LogP contribution in [0.4, 0.5) is 5.69 Å². The van der Waals surface area contributed by atoms with Gasteiger partial charge in [0.25, 0.3) is 11.6 Å². The first kappa shape index (κ1) is 13.7. The Balaban J connectivity index is 2.09. The first-order chi connectivity index (χ1) is 9.58. The van der Waals surface area contributed by atoms with Crippen LogP contribution in [0.5, 0.6) is 5.75 Å². The molecular weight excluding hydrogens is 282 g/mol. The Hall–Kier alpha value is -2.74. The zero-order valence-electron chi connectivity index (χ0n) is 9.98. The van der Waals surface area contributed by atoms with Crippen molar-refractivity contribution in [3.05, 3.63) is 56.3 Å². The van der Waals surface area contributed by atoms with E-state index in [2.05, 4.69) is 10.5 Å². The normalized spacial score (nSPS) is 10.6. The number of nitro benzene ring substituents is 1. The fourth-order valence-electron chi connectivity index (χ4n) is 1.37. The molecule has 0 aliphatic carbocycles. The maximum absolute atomic E-state index is 11.6. The molecule has 8 heteroatoms. The van der Waals surface area contributed by atoms with E-state index in [1.807, 2.05) is 0 Å². The number of nitrogens with one attached hydrogen (secondary N) is 1. The van der Waals surface area contributed by atoms with E-state index in [1.54, 1.807) is 17.5 Å².